The minimum atomic E-state index is 0.240. The largest absolute Gasteiger partial charge is 0.314 e. The minimum Gasteiger partial charge on any atom is -0.314 e. The predicted molar refractivity (Wildman–Crippen MR) is 82.6 cm³/mol. The van der Waals surface area contributed by atoms with E-state index >= 15 is 0 Å². The summed E-state index contributed by atoms with van der Waals surface area (Å²) in [5.74, 6) is 0. The molecule has 1 unspecified atom stereocenters. The lowest BCUT2D eigenvalue weighted by Crippen LogP contribution is -2.57. The van der Waals surface area contributed by atoms with E-state index in [9.17, 15) is 0 Å². The van der Waals surface area contributed by atoms with Gasteiger partial charge in [0.15, 0.2) is 0 Å². The molecule has 1 aromatic rings. The van der Waals surface area contributed by atoms with E-state index in [1.54, 1.807) is 0 Å². The van der Waals surface area contributed by atoms with Crippen LogP contribution in [-0.2, 0) is 5.41 Å². The van der Waals surface area contributed by atoms with Crippen LogP contribution in [0.5, 0.6) is 0 Å². The molecule has 19 heavy (non-hydrogen) atoms. The summed E-state index contributed by atoms with van der Waals surface area (Å²) in [7, 11) is 0. The van der Waals surface area contributed by atoms with Gasteiger partial charge in [-0.05, 0) is 30.0 Å². The van der Waals surface area contributed by atoms with Crippen molar-refractivity contribution in [3.05, 3.63) is 35.4 Å². The summed E-state index contributed by atoms with van der Waals surface area (Å²) in [6.45, 7) is 14.8. The van der Waals surface area contributed by atoms with Crippen molar-refractivity contribution in [3.63, 3.8) is 0 Å². The fourth-order valence-electron chi connectivity index (χ4n) is 2.81. The third-order valence-corrected chi connectivity index (χ3v) is 4.35. The Kier molecular flexibility index (Phi) is 4.32. The number of benzene rings is 1. The van der Waals surface area contributed by atoms with Crippen molar-refractivity contribution < 1.29 is 0 Å². The van der Waals surface area contributed by atoms with Gasteiger partial charge in [0.1, 0.15) is 0 Å². The first-order valence-corrected chi connectivity index (χ1v) is 7.50. The average Bonchev–Trinajstić information content (AvgIpc) is 2.31. The number of nitrogens with zero attached hydrogens (tertiary/aromatic N) is 1. The predicted octanol–water partition coefficient (Wildman–Crippen LogP) is 3.34. The summed E-state index contributed by atoms with van der Waals surface area (Å²) >= 11 is 0. The van der Waals surface area contributed by atoms with Gasteiger partial charge in [-0.15, -0.1) is 0 Å². The van der Waals surface area contributed by atoms with Crippen LogP contribution in [0.3, 0.4) is 0 Å². The average molecular weight is 260 g/mol. The minimum absolute atomic E-state index is 0.240. The third-order valence-electron chi connectivity index (χ3n) is 4.35. The first kappa shape index (κ1) is 14.5. The van der Waals surface area contributed by atoms with E-state index in [1.165, 1.54) is 11.1 Å². The molecule has 106 valence electrons. The van der Waals surface area contributed by atoms with E-state index in [0.717, 1.165) is 19.6 Å². The molecule has 1 aliphatic rings. The Morgan fingerprint density at radius 3 is 2.16 bits per heavy atom. The Morgan fingerprint density at radius 1 is 1.21 bits per heavy atom. The van der Waals surface area contributed by atoms with Crippen LogP contribution in [0.2, 0.25) is 0 Å². The molecule has 1 N–H and O–H groups in total. The van der Waals surface area contributed by atoms with Crippen molar-refractivity contribution >= 4 is 0 Å². The molecule has 2 heteroatoms. The highest BCUT2D eigenvalue weighted by molar-refractivity contribution is 5.29. The monoisotopic (exact) mass is 260 g/mol. The van der Waals surface area contributed by atoms with E-state index in [2.05, 4.69) is 69.1 Å². The van der Waals surface area contributed by atoms with Crippen LogP contribution in [0, 0.1) is 0 Å². The fraction of sp³-hybridized carbons (Fsp3) is 0.647. The zero-order valence-electron chi connectivity index (χ0n) is 13.0. The SMILES string of the molecule is CCN(C1CNC1)C(C)c1ccc(C(C)(C)C)cc1. The summed E-state index contributed by atoms with van der Waals surface area (Å²) in [5, 5.41) is 3.37. The molecular weight excluding hydrogens is 232 g/mol. The van der Waals surface area contributed by atoms with Gasteiger partial charge in [-0.25, -0.2) is 0 Å². The summed E-state index contributed by atoms with van der Waals surface area (Å²) in [4.78, 5) is 2.60. The Hall–Kier alpha value is -0.860. The highest BCUT2D eigenvalue weighted by Gasteiger charge is 2.27. The van der Waals surface area contributed by atoms with E-state index in [0.29, 0.717) is 12.1 Å². The molecule has 1 fully saturated rings. The lowest BCUT2D eigenvalue weighted by Gasteiger charge is -2.41. The molecule has 0 aromatic heterocycles. The van der Waals surface area contributed by atoms with Crippen molar-refractivity contribution in [3.8, 4) is 0 Å². The Morgan fingerprint density at radius 2 is 1.79 bits per heavy atom. The van der Waals surface area contributed by atoms with Crippen LogP contribution in [0.15, 0.2) is 24.3 Å². The topological polar surface area (TPSA) is 15.3 Å². The molecule has 0 radical (unpaired) electrons. The van der Waals surface area contributed by atoms with Gasteiger partial charge in [-0.2, -0.15) is 0 Å². The fourth-order valence-corrected chi connectivity index (χ4v) is 2.81. The maximum Gasteiger partial charge on any atom is 0.0351 e. The van der Waals surface area contributed by atoms with Crippen molar-refractivity contribution in [2.24, 2.45) is 0 Å². The van der Waals surface area contributed by atoms with Crippen LogP contribution >= 0.6 is 0 Å². The van der Waals surface area contributed by atoms with Gasteiger partial charge in [0.2, 0.25) is 0 Å². The van der Waals surface area contributed by atoms with Gasteiger partial charge in [-0.3, -0.25) is 4.90 Å². The van der Waals surface area contributed by atoms with Crippen molar-refractivity contribution in [1.29, 1.82) is 0 Å². The van der Waals surface area contributed by atoms with Gasteiger partial charge < -0.3 is 5.32 Å². The third kappa shape index (κ3) is 3.18. The number of hydrogen-bond donors (Lipinski definition) is 1. The number of nitrogens with one attached hydrogen (secondary N) is 1. The molecule has 1 atom stereocenters. The molecule has 0 spiro atoms. The van der Waals surface area contributed by atoms with Gasteiger partial charge >= 0.3 is 0 Å². The summed E-state index contributed by atoms with van der Waals surface area (Å²) in [6.07, 6.45) is 0. The van der Waals surface area contributed by atoms with Crippen LogP contribution in [0.25, 0.3) is 0 Å². The molecule has 2 nitrogen and oxygen atoms in total. The lowest BCUT2D eigenvalue weighted by molar-refractivity contribution is 0.110. The number of hydrogen-bond acceptors (Lipinski definition) is 2. The maximum absolute atomic E-state index is 3.37. The van der Waals surface area contributed by atoms with Gasteiger partial charge in [-0.1, -0.05) is 52.0 Å². The van der Waals surface area contributed by atoms with Crippen molar-refractivity contribution in [1.82, 2.24) is 10.2 Å². The standard InChI is InChI=1S/C17H28N2/c1-6-19(16-11-18-12-16)13(2)14-7-9-15(10-8-14)17(3,4)5/h7-10,13,16,18H,6,11-12H2,1-5H3. The molecule has 2 rings (SSSR count). The number of rotatable bonds is 4. The first-order valence-electron chi connectivity index (χ1n) is 7.50. The number of likely N-dealkylation sites (N-methyl/N-ethyl adjacent to an activating group) is 1. The molecule has 0 saturated carbocycles. The smallest absolute Gasteiger partial charge is 0.0351 e. The quantitative estimate of drug-likeness (QED) is 0.893. The van der Waals surface area contributed by atoms with E-state index in [-0.39, 0.29) is 5.41 Å². The normalized spacial score (nSPS) is 18.4. The van der Waals surface area contributed by atoms with E-state index < -0.39 is 0 Å². The molecule has 1 saturated heterocycles. The van der Waals surface area contributed by atoms with Crippen LogP contribution < -0.4 is 5.32 Å². The molecule has 0 aliphatic carbocycles. The van der Waals surface area contributed by atoms with Crippen molar-refractivity contribution in [2.45, 2.75) is 52.1 Å². The Balaban J connectivity index is 2.12. The molecule has 0 amide bonds. The van der Waals surface area contributed by atoms with Crippen LogP contribution in [-0.4, -0.2) is 30.6 Å². The highest BCUT2D eigenvalue weighted by atomic mass is 15.2. The van der Waals surface area contributed by atoms with Gasteiger partial charge in [0, 0.05) is 25.2 Å². The molecule has 1 aromatic carbocycles. The second kappa shape index (κ2) is 5.64. The zero-order chi connectivity index (χ0) is 14.0. The van der Waals surface area contributed by atoms with Crippen molar-refractivity contribution in [2.75, 3.05) is 19.6 Å². The van der Waals surface area contributed by atoms with Gasteiger partial charge in [0.05, 0.1) is 0 Å². The Labute approximate surface area is 118 Å². The molecular formula is C17H28N2. The summed E-state index contributed by atoms with van der Waals surface area (Å²) in [5.41, 5.74) is 3.09. The highest BCUT2D eigenvalue weighted by Crippen LogP contribution is 2.27. The second-order valence-corrected chi connectivity index (χ2v) is 6.69. The van der Waals surface area contributed by atoms with Gasteiger partial charge in [0.25, 0.3) is 0 Å². The van der Waals surface area contributed by atoms with E-state index in [1.807, 2.05) is 0 Å². The maximum atomic E-state index is 3.37. The van der Waals surface area contributed by atoms with E-state index in [4.69, 9.17) is 0 Å². The van der Waals surface area contributed by atoms with Crippen LogP contribution in [0.1, 0.15) is 51.8 Å². The second-order valence-electron chi connectivity index (χ2n) is 6.69. The molecule has 1 heterocycles. The summed E-state index contributed by atoms with van der Waals surface area (Å²) < 4.78 is 0. The zero-order valence-corrected chi connectivity index (χ0v) is 13.0. The Bertz CT molecular complexity index is 398. The molecule has 0 bridgehead atoms. The molecule has 1 aliphatic heterocycles. The lowest BCUT2D eigenvalue weighted by atomic mass is 9.86. The van der Waals surface area contributed by atoms with Crippen LogP contribution in [0.4, 0.5) is 0 Å². The summed E-state index contributed by atoms with van der Waals surface area (Å²) in [6, 6.07) is 10.4. The first-order chi connectivity index (χ1) is 8.93.